The van der Waals surface area contributed by atoms with Gasteiger partial charge in [-0.15, -0.1) is 0 Å². The molecule has 0 radical (unpaired) electrons. The van der Waals surface area contributed by atoms with Gasteiger partial charge in [0.15, 0.2) is 10.5 Å². The van der Waals surface area contributed by atoms with E-state index in [1.54, 1.807) is 26.2 Å². The summed E-state index contributed by atoms with van der Waals surface area (Å²) in [6, 6.07) is 4.17. The number of halogens is 1. The van der Waals surface area contributed by atoms with Crippen molar-refractivity contribution in [1.82, 2.24) is 14.3 Å². The lowest BCUT2D eigenvalue weighted by Gasteiger charge is -2.03. The molecule has 0 aliphatic carbocycles. The Hall–Kier alpha value is -2.81. The van der Waals surface area contributed by atoms with Gasteiger partial charge in [0, 0.05) is 18.8 Å². The molecule has 2 heterocycles. The summed E-state index contributed by atoms with van der Waals surface area (Å²) in [7, 11) is 2.99. The van der Waals surface area contributed by atoms with Gasteiger partial charge in [-0.25, -0.2) is 4.39 Å². The topological polar surface area (TPSA) is 78.5 Å². The molecule has 3 rings (SSSR count). The molecule has 7 nitrogen and oxygen atoms in total. The van der Waals surface area contributed by atoms with Crippen LogP contribution in [-0.4, -0.2) is 33.3 Å². The van der Waals surface area contributed by atoms with Crippen LogP contribution in [0.3, 0.4) is 0 Å². The summed E-state index contributed by atoms with van der Waals surface area (Å²) in [5.41, 5.74) is 1.53. The Morgan fingerprint density at radius 1 is 1.40 bits per heavy atom. The number of thiazole rings is 1. The van der Waals surface area contributed by atoms with Crippen molar-refractivity contribution < 1.29 is 18.7 Å². The summed E-state index contributed by atoms with van der Waals surface area (Å²) < 4.78 is 21.8. The van der Waals surface area contributed by atoms with Gasteiger partial charge in [0.1, 0.15) is 12.4 Å². The van der Waals surface area contributed by atoms with Gasteiger partial charge in [-0.2, -0.15) is 10.1 Å². The lowest BCUT2D eigenvalue weighted by Crippen LogP contribution is -2.22. The minimum absolute atomic E-state index is 0.130. The van der Waals surface area contributed by atoms with E-state index in [0.29, 0.717) is 15.8 Å². The molecule has 0 aliphatic heterocycles. The molecule has 0 saturated heterocycles. The van der Waals surface area contributed by atoms with Crippen molar-refractivity contribution in [2.75, 3.05) is 7.11 Å². The highest BCUT2D eigenvalue weighted by Crippen LogP contribution is 2.19. The predicted octanol–water partition coefficient (Wildman–Crippen LogP) is 1.80. The average Bonchev–Trinajstić information content (AvgIpc) is 3.06. The quantitative estimate of drug-likeness (QED) is 0.666. The number of aryl methyl sites for hydroxylation is 2. The van der Waals surface area contributed by atoms with E-state index in [4.69, 9.17) is 4.74 Å². The fraction of sp³-hybridized carbons (Fsp3) is 0.250. The molecule has 0 spiro atoms. The monoisotopic (exact) mass is 362 g/mol. The fourth-order valence-corrected chi connectivity index (χ4v) is 3.49. The number of carbonyl (C=O) groups is 2. The maximum absolute atomic E-state index is 13.5. The first-order valence-electron chi connectivity index (χ1n) is 7.34. The summed E-state index contributed by atoms with van der Waals surface area (Å²) in [5.74, 6) is -1.42. The Bertz CT molecular complexity index is 1050. The number of benzene rings is 1. The van der Waals surface area contributed by atoms with E-state index < -0.39 is 17.7 Å². The molecule has 9 heteroatoms. The standard InChI is InChI=1S/C16H15FN4O3S/c1-9-7-20(2)19-14(9)15(23)18-16-21(8-13(22)24-3)11-5-4-10(17)6-12(11)25-16/h4-7H,8H2,1-3H3. The third-order valence-electron chi connectivity index (χ3n) is 3.57. The van der Waals surface area contributed by atoms with Crippen molar-refractivity contribution in [2.24, 2.45) is 12.0 Å². The number of hydrogen-bond acceptors (Lipinski definition) is 5. The molecule has 0 bridgehead atoms. The molecule has 0 N–H and O–H groups in total. The van der Waals surface area contributed by atoms with Gasteiger partial charge < -0.3 is 9.30 Å². The highest BCUT2D eigenvalue weighted by Gasteiger charge is 2.15. The summed E-state index contributed by atoms with van der Waals surface area (Å²) in [6.07, 6.45) is 1.71. The van der Waals surface area contributed by atoms with Crippen molar-refractivity contribution in [3.63, 3.8) is 0 Å². The van der Waals surface area contributed by atoms with E-state index in [9.17, 15) is 14.0 Å². The van der Waals surface area contributed by atoms with Gasteiger partial charge >= 0.3 is 5.97 Å². The van der Waals surface area contributed by atoms with Crippen molar-refractivity contribution >= 4 is 33.4 Å². The zero-order chi connectivity index (χ0) is 18.1. The largest absolute Gasteiger partial charge is 0.468 e. The number of amides is 1. The van der Waals surface area contributed by atoms with Crippen molar-refractivity contribution in [3.05, 3.63) is 46.3 Å². The van der Waals surface area contributed by atoms with Gasteiger partial charge in [0.25, 0.3) is 5.91 Å². The van der Waals surface area contributed by atoms with Gasteiger partial charge in [-0.1, -0.05) is 11.3 Å². The summed E-state index contributed by atoms with van der Waals surface area (Å²) >= 11 is 1.12. The average molecular weight is 362 g/mol. The lowest BCUT2D eigenvalue weighted by atomic mass is 10.3. The van der Waals surface area contributed by atoms with E-state index in [1.165, 1.54) is 28.5 Å². The van der Waals surface area contributed by atoms with Crippen molar-refractivity contribution in [1.29, 1.82) is 0 Å². The first kappa shape index (κ1) is 17.0. The molecule has 3 aromatic rings. The second-order valence-electron chi connectivity index (χ2n) is 5.41. The lowest BCUT2D eigenvalue weighted by molar-refractivity contribution is -0.141. The minimum Gasteiger partial charge on any atom is -0.468 e. The van der Waals surface area contributed by atoms with E-state index in [-0.39, 0.29) is 17.0 Å². The Morgan fingerprint density at radius 3 is 2.80 bits per heavy atom. The molecule has 25 heavy (non-hydrogen) atoms. The molecule has 0 aliphatic rings. The molecule has 1 aromatic carbocycles. The SMILES string of the molecule is COC(=O)Cn1c(=NC(=O)c2nn(C)cc2C)sc2cc(F)ccc21. The van der Waals surface area contributed by atoms with E-state index in [2.05, 4.69) is 10.1 Å². The molecule has 0 saturated carbocycles. The number of carbonyl (C=O) groups excluding carboxylic acids is 2. The Kier molecular flexibility index (Phi) is 4.49. The highest BCUT2D eigenvalue weighted by atomic mass is 32.1. The minimum atomic E-state index is -0.524. The number of aromatic nitrogens is 3. The van der Waals surface area contributed by atoms with Gasteiger partial charge in [-0.05, 0) is 25.1 Å². The van der Waals surface area contributed by atoms with Crippen LogP contribution in [0.4, 0.5) is 4.39 Å². The Morgan fingerprint density at radius 2 is 2.16 bits per heavy atom. The highest BCUT2D eigenvalue weighted by molar-refractivity contribution is 7.16. The van der Waals surface area contributed by atoms with E-state index >= 15 is 0 Å². The van der Waals surface area contributed by atoms with Crippen LogP contribution in [0.15, 0.2) is 29.4 Å². The predicted molar refractivity (Wildman–Crippen MR) is 89.6 cm³/mol. The van der Waals surface area contributed by atoms with Crippen LogP contribution in [0.2, 0.25) is 0 Å². The van der Waals surface area contributed by atoms with Crippen LogP contribution in [0.1, 0.15) is 16.1 Å². The molecular weight excluding hydrogens is 347 g/mol. The Labute approximate surface area is 146 Å². The van der Waals surface area contributed by atoms with Crippen LogP contribution in [0.25, 0.3) is 10.2 Å². The maximum atomic E-state index is 13.5. The normalized spacial score (nSPS) is 11.9. The van der Waals surface area contributed by atoms with Crippen LogP contribution in [-0.2, 0) is 23.1 Å². The van der Waals surface area contributed by atoms with Crippen LogP contribution in [0.5, 0.6) is 0 Å². The van der Waals surface area contributed by atoms with Gasteiger partial charge in [-0.3, -0.25) is 14.3 Å². The van der Waals surface area contributed by atoms with Crippen LogP contribution in [0, 0.1) is 12.7 Å². The number of methoxy groups -OCH3 is 1. The zero-order valence-electron chi connectivity index (χ0n) is 13.8. The van der Waals surface area contributed by atoms with Crippen LogP contribution < -0.4 is 4.80 Å². The van der Waals surface area contributed by atoms with Gasteiger partial charge in [0.05, 0.1) is 17.3 Å². The molecule has 0 fully saturated rings. The zero-order valence-corrected chi connectivity index (χ0v) is 14.6. The number of ether oxygens (including phenoxy) is 1. The fourth-order valence-electron chi connectivity index (χ4n) is 2.44. The smallest absolute Gasteiger partial charge is 0.325 e. The van der Waals surface area contributed by atoms with Crippen molar-refractivity contribution in [3.8, 4) is 0 Å². The summed E-state index contributed by atoms with van der Waals surface area (Å²) in [6.45, 7) is 1.63. The van der Waals surface area contributed by atoms with E-state index in [1.807, 2.05) is 0 Å². The number of nitrogens with zero attached hydrogens (tertiary/aromatic N) is 4. The first-order valence-corrected chi connectivity index (χ1v) is 8.15. The molecule has 130 valence electrons. The second kappa shape index (κ2) is 6.60. The van der Waals surface area contributed by atoms with Crippen LogP contribution >= 0.6 is 11.3 Å². The number of hydrogen-bond donors (Lipinski definition) is 0. The number of rotatable bonds is 3. The maximum Gasteiger partial charge on any atom is 0.325 e. The third-order valence-corrected chi connectivity index (χ3v) is 4.61. The molecular formula is C16H15FN4O3S. The third kappa shape index (κ3) is 3.36. The summed E-state index contributed by atoms with van der Waals surface area (Å²) in [4.78, 5) is 28.5. The molecule has 0 unspecified atom stereocenters. The molecule has 1 amide bonds. The first-order chi connectivity index (χ1) is 11.9. The number of esters is 1. The van der Waals surface area contributed by atoms with Gasteiger partial charge in [0.2, 0.25) is 0 Å². The molecule has 0 atom stereocenters. The Balaban J connectivity index is 2.16. The summed E-state index contributed by atoms with van der Waals surface area (Å²) in [5, 5.41) is 4.10. The van der Waals surface area contributed by atoms with Crippen molar-refractivity contribution in [2.45, 2.75) is 13.5 Å². The molecule has 2 aromatic heterocycles. The number of fused-ring (bicyclic) bond motifs is 1. The van der Waals surface area contributed by atoms with E-state index in [0.717, 1.165) is 11.3 Å². The second-order valence-corrected chi connectivity index (χ2v) is 6.42.